The average Bonchev–Trinajstić information content (AvgIpc) is 2.15. The summed E-state index contributed by atoms with van der Waals surface area (Å²) in [7, 11) is 1.93. The summed E-state index contributed by atoms with van der Waals surface area (Å²) in [4.78, 5) is 2.14. The van der Waals surface area contributed by atoms with Crippen molar-refractivity contribution >= 4 is 0 Å². The second-order valence-corrected chi connectivity index (χ2v) is 2.98. The summed E-state index contributed by atoms with van der Waals surface area (Å²) in [5.74, 6) is 0. The summed E-state index contributed by atoms with van der Waals surface area (Å²) < 4.78 is 0. The molecule has 0 aliphatic carbocycles. The molecule has 1 atom stereocenters. The van der Waals surface area contributed by atoms with Gasteiger partial charge in [-0.2, -0.15) is 0 Å². The second kappa shape index (κ2) is 6.49. The quantitative estimate of drug-likeness (QED) is 0.601. The fourth-order valence-corrected chi connectivity index (χ4v) is 1.06. The molecule has 2 heteroatoms. The summed E-state index contributed by atoms with van der Waals surface area (Å²) in [5, 5.41) is 3.15. The van der Waals surface area contributed by atoms with Crippen LogP contribution in [0.25, 0.3) is 0 Å². The number of nitrogens with one attached hydrogen (secondary N) is 1. The van der Waals surface area contributed by atoms with Crippen LogP contribution in [0.15, 0.2) is 37.6 Å². The van der Waals surface area contributed by atoms with E-state index in [1.807, 2.05) is 19.2 Å². The molecular formula is C11H20N2. The zero-order valence-electron chi connectivity index (χ0n) is 8.71. The molecule has 0 aliphatic heterocycles. The molecule has 74 valence electrons. The first-order valence-electron chi connectivity index (χ1n) is 4.50. The van der Waals surface area contributed by atoms with Gasteiger partial charge < -0.3 is 10.2 Å². The molecule has 0 rings (SSSR count). The molecule has 2 nitrogen and oxygen atoms in total. The van der Waals surface area contributed by atoms with E-state index in [2.05, 4.69) is 36.9 Å². The lowest BCUT2D eigenvalue weighted by atomic mass is 10.2. The number of rotatable bonds is 7. The molecule has 0 radical (unpaired) electrons. The molecule has 0 saturated heterocycles. The Kier molecular flexibility index (Phi) is 5.98. The summed E-state index contributed by atoms with van der Waals surface area (Å²) in [6, 6.07) is 0.292. The van der Waals surface area contributed by atoms with Crippen LogP contribution in [0.3, 0.4) is 0 Å². The van der Waals surface area contributed by atoms with E-state index < -0.39 is 0 Å². The first-order chi connectivity index (χ1) is 6.17. The minimum Gasteiger partial charge on any atom is -0.367 e. The van der Waals surface area contributed by atoms with Crippen molar-refractivity contribution in [1.82, 2.24) is 10.2 Å². The Hall–Kier alpha value is -1.02. The van der Waals surface area contributed by atoms with Crippen molar-refractivity contribution in [2.24, 2.45) is 0 Å². The van der Waals surface area contributed by atoms with Crippen LogP contribution < -0.4 is 5.32 Å². The molecule has 1 N–H and O–H groups in total. The van der Waals surface area contributed by atoms with Crippen LogP contribution in [-0.4, -0.2) is 31.1 Å². The molecule has 13 heavy (non-hydrogen) atoms. The largest absolute Gasteiger partial charge is 0.367 e. The lowest BCUT2D eigenvalue weighted by Gasteiger charge is -2.27. The van der Waals surface area contributed by atoms with E-state index in [-0.39, 0.29) is 0 Å². The van der Waals surface area contributed by atoms with Gasteiger partial charge in [0, 0.05) is 24.8 Å². The molecule has 0 aliphatic rings. The van der Waals surface area contributed by atoms with Gasteiger partial charge in [-0.3, -0.25) is 0 Å². The number of hydrogen-bond donors (Lipinski definition) is 1. The molecule has 0 aromatic heterocycles. The minimum atomic E-state index is 0.292. The highest BCUT2D eigenvalue weighted by Gasteiger charge is 2.09. The monoisotopic (exact) mass is 180 g/mol. The van der Waals surface area contributed by atoms with Crippen molar-refractivity contribution in [3.05, 3.63) is 37.6 Å². The van der Waals surface area contributed by atoms with Crippen LogP contribution in [-0.2, 0) is 0 Å². The van der Waals surface area contributed by atoms with Gasteiger partial charge >= 0.3 is 0 Å². The Bertz CT molecular complexity index is 175. The standard InChI is InChI=1S/C11H20N2/c1-6-8-13(9-7-2)11(4)10(3)12-5/h6-7,10,12H,1-2,4,8-9H2,3,5H3. The van der Waals surface area contributed by atoms with E-state index in [1.165, 1.54) is 0 Å². The van der Waals surface area contributed by atoms with Crippen LogP contribution in [0.1, 0.15) is 6.92 Å². The summed E-state index contributed by atoms with van der Waals surface area (Å²) in [6.07, 6.45) is 3.74. The van der Waals surface area contributed by atoms with Crippen LogP contribution in [0.2, 0.25) is 0 Å². The van der Waals surface area contributed by atoms with Crippen LogP contribution in [0, 0.1) is 0 Å². The van der Waals surface area contributed by atoms with Crippen molar-refractivity contribution < 1.29 is 0 Å². The maximum Gasteiger partial charge on any atom is 0.0434 e. The summed E-state index contributed by atoms with van der Waals surface area (Å²) in [6.45, 7) is 15.2. The topological polar surface area (TPSA) is 15.3 Å². The molecule has 0 amide bonds. The van der Waals surface area contributed by atoms with Gasteiger partial charge in [0.25, 0.3) is 0 Å². The van der Waals surface area contributed by atoms with Crippen molar-refractivity contribution in [2.75, 3.05) is 20.1 Å². The minimum absolute atomic E-state index is 0.292. The molecule has 1 unspecified atom stereocenters. The molecule has 0 fully saturated rings. The zero-order chi connectivity index (χ0) is 10.3. The smallest absolute Gasteiger partial charge is 0.0434 e. The van der Waals surface area contributed by atoms with Crippen molar-refractivity contribution in [1.29, 1.82) is 0 Å². The van der Waals surface area contributed by atoms with Crippen molar-refractivity contribution in [3.63, 3.8) is 0 Å². The third-order valence-electron chi connectivity index (χ3n) is 2.04. The van der Waals surface area contributed by atoms with Crippen molar-refractivity contribution in [3.8, 4) is 0 Å². The van der Waals surface area contributed by atoms with Gasteiger partial charge in [-0.05, 0) is 14.0 Å². The van der Waals surface area contributed by atoms with E-state index in [4.69, 9.17) is 0 Å². The predicted octanol–water partition coefficient (Wildman–Crippen LogP) is 1.78. The molecule has 0 heterocycles. The molecule has 0 aromatic rings. The Morgan fingerprint density at radius 3 is 2.15 bits per heavy atom. The van der Waals surface area contributed by atoms with E-state index in [1.54, 1.807) is 0 Å². The highest BCUT2D eigenvalue weighted by molar-refractivity contribution is 5.05. The Balaban J connectivity index is 4.25. The Labute approximate surface area is 81.6 Å². The van der Waals surface area contributed by atoms with Gasteiger partial charge in [-0.15, -0.1) is 13.2 Å². The predicted molar refractivity (Wildman–Crippen MR) is 59.6 cm³/mol. The normalized spacial score (nSPS) is 11.8. The van der Waals surface area contributed by atoms with E-state index in [0.29, 0.717) is 6.04 Å². The van der Waals surface area contributed by atoms with Crippen LogP contribution >= 0.6 is 0 Å². The molecule has 0 aromatic carbocycles. The molecule has 0 bridgehead atoms. The summed E-state index contributed by atoms with van der Waals surface area (Å²) >= 11 is 0. The van der Waals surface area contributed by atoms with Gasteiger partial charge in [-0.25, -0.2) is 0 Å². The van der Waals surface area contributed by atoms with Crippen LogP contribution in [0.4, 0.5) is 0 Å². The lowest BCUT2D eigenvalue weighted by molar-refractivity contribution is 0.382. The fourth-order valence-electron chi connectivity index (χ4n) is 1.06. The summed E-state index contributed by atoms with van der Waals surface area (Å²) in [5.41, 5.74) is 1.07. The van der Waals surface area contributed by atoms with E-state index in [0.717, 1.165) is 18.8 Å². The van der Waals surface area contributed by atoms with E-state index in [9.17, 15) is 0 Å². The number of nitrogens with zero attached hydrogens (tertiary/aromatic N) is 1. The Morgan fingerprint density at radius 1 is 1.38 bits per heavy atom. The SMILES string of the molecule is C=CCN(CC=C)C(=C)C(C)NC. The first-order valence-corrected chi connectivity index (χ1v) is 4.50. The van der Waals surface area contributed by atoms with Gasteiger partial charge in [0.1, 0.15) is 0 Å². The highest BCUT2D eigenvalue weighted by Crippen LogP contribution is 2.06. The average molecular weight is 180 g/mol. The number of likely N-dealkylation sites (N-methyl/N-ethyl adjacent to an activating group) is 1. The zero-order valence-corrected chi connectivity index (χ0v) is 8.71. The van der Waals surface area contributed by atoms with Gasteiger partial charge in [-0.1, -0.05) is 18.7 Å². The van der Waals surface area contributed by atoms with Gasteiger partial charge in [0.2, 0.25) is 0 Å². The van der Waals surface area contributed by atoms with Crippen LogP contribution in [0.5, 0.6) is 0 Å². The van der Waals surface area contributed by atoms with Gasteiger partial charge in [0.05, 0.1) is 0 Å². The third kappa shape index (κ3) is 3.95. The maximum absolute atomic E-state index is 4.03. The Morgan fingerprint density at radius 2 is 1.85 bits per heavy atom. The lowest BCUT2D eigenvalue weighted by Crippen LogP contribution is -2.34. The number of hydrogen-bond acceptors (Lipinski definition) is 2. The third-order valence-corrected chi connectivity index (χ3v) is 2.04. The molecule has 0 saturated carbocycles. The van der Waals surface area contributed by atoms with Crippen molar-refractivity contribution in [2.45, 2.75) is 13.0 Å². The van der Waals surface area contributed by atoms with Gasteiger partial charge in [0.15, 0.2) is 0 Å². The van der Waals surface area contributed by atoms with E-state index >= 15 is 0 Å². The highest BCUT2D eigenvalue weighted by atomic mass is 15.2. The molecule has 0 spiro atoms. The second-order valence-electron chi connectivity index (χ2n) is 2.98. The maximum atomic E-state index is 4.03. The first kappa shape index (κ1) is 12.0. The fraction of sp³-hybridized carbons (Fsp3) is 0.455. The molecular weight excluding hydrogens is 160 g/mol.